The Morgan fingerprint density at radius 1 is 1.20 bits per heavy atom. The maximum Gasteiger partial charge on any atom is 0.254 e. The number of nitrogens with one attached hydrogen (secondary N) is 1. The van der Waals surface area contributed by atoms with Gasteiger partial charge in [0.1, 0.15) is 0 Å². The van der Waals surface area contributed by atoms with Crippen molar-refractivity contribution in [2.75, 3.05) is 37.8 Å². The number of benzene rings is 1. The van der Waals surface area contributed by atoms with Crippen LogP contribution in [0.15, 0.2) is 18.2 Å². The number of hydrogen-bond donors (Lipinski definition) is 1. The summed E-state index contributed by atoms with van der Waals surface area (Å²) in [6.07, 6.45) is 5.23. The van der Waals surface area contributed by atoms with Gasteiger partial charge in [-0.25, -0.2) is 8.42 Å². The number of piperidine rings is 1. The largest absolute Gasteiger partial charge is 0.385 e. The Kier molecular flexibility index (Phi) is 4.24. The Hall–Kier alpha value is -1.60. The molecule has 0 radical (unpaired) electrons. The fourth-order valence-electron chi connectivity index (χ4n) is 4.33. The van der Waals surface area contributed by atoms with Crippen LogP contribution >= 0.6 is 0 Å². The van der Waals surface area contributed by atoms with Gasteiger partial charge in [-0.05, 0) is 55.4 Å². The quantitative estimate of drug-likeness (QED) is 0.865. The highest BCUT2D eigenvalue weighted by atomic mass is 32.2. The number of amides is 1. The average molecular weight is 363 g/mol. The molecule has 2 atom stereocenters. The molecule has 2 bridgehead atoms. The molecule has 0 aliphatic carbocycles. The standard InChI is InChI=1S/C18H25N3O3S/c1-25(23,24)20-10-13-4-6-16(12-20)21(11-13)18(22)15-5-7-17-14(9-15)3-2-8-19-17/h5,7,9,13,16,19H,2-4,6,8,10-12H2,1H3/t13-,16+/m1/s1. The fraction of sp³-hybridized carbons (Fsp3) is 0.611. The summed E-state index contributed by atoms with van der Waals surface area (Å²) in [5.41, 5.74) is 3.05. The van der Waals surface area contributed by atoms with E-state index >= 15 is 0 Å². The van der Waals surface area contributed by atoms with Crippen LogP contribution in [0.2, 0.25) is 0 Å². The number of anilines is 1. The van der Waals surface area contributed by atoms with Crippen molar-refractivity contribution in [3.8, 4) is 0 Å². The highest BCUT2D eigenvalue weighted by molar-refractivity contribution is 7.88. The van der Waals surface area contributed by atoms with E-state index in [1.54, 1.807) is 4.31 Å². The van der Waals surface area contributed by atoms with E-state index in [9.17, 15) is 13.2 Å². The van der Waals surface area contributed by atoms with Crippen LogP contribution in [-0.4, -0.2) is 62.0 Å². The highest BCUT2D eigenvalue weighted by Gasteiger charge is 2.39. The van der Waals surface area contributed by atoms with Gasteiger partial charge in [0.05, 0.1) is 6.26 Å². The number of carbonyl (C=O) groups is 1. The van der Waals surface area contributed by atoms with Crippen molar-refractivity contribution in [1.29, 1.82) is 0 Å². The van der Waals surface area contributed by atoms with Crippen molar-refractivity contribution in [1.82, 2.24) is 9.21 Å². The van der Waals surface area contributed by atoms with Gasteiger partial charge in [0.2, 0.25) is 10.0 Å². The molecule has 6 nitrogen and oxygen atoms in total. The third kappa shape index (κ3) is 3.27. The normalized spacial score (nSPS) is 26.7. The molecule has 4 aliphatic heterocycles. The molecule has 1 aromatic carbocycles. The third-order valence-electron chi connectivity index (χ3n) is 5.70. The molecule has 1 N–H and O–H groups in total. The summed E-state index contributed by atoms with van der Waals surface area (Å²) in [5, 5.41) is 3.37. The van der Waals surface area contributed by atoms with Crippen LogP contribution in [0.4, 0.5) is 5.69 Å². The molecule has 136 valence electrons. The Balaban J connectivity index is 1.58. The van der Waals surface area contributed by atoms with Crippen molar-refractivity contribution < 1.29 is 13.2 Å². The Morgan fingerprint density at radius 2 is 2.04 bits per heavy atom. The Bertz CT molecular complexity index is 793. The summed E-state index contributed by atoms with van der Waals surface area (Å²) in [4.78, 5) is 15.0. The lowest BCUT2D eigenvalue weighted by molar-refractivity contribution is 0.0588. The highest BCUT2D eigenvalue weighted by Crippen LogP contribution is 2.31. The van der Waals surface area contributed by atoms with E-state index in [4.69, 9.17) is 0 Å². The van der Waals surface area contributed by atoms with Gasteiger partial charge in [-0.15, -0.1) is 0 Å². The van der Waals surface area contributed by atoms with E-state index in [0.29, 0.717) is 19.6 Å². The zero-order valence-electron chi connectivity index (χ0n) is 14.6. The first-order valence-electron chi connectivity index (χ1n) is 9.05. The minimum Gasteiger partial charge on any atom is -0.385 e. The van der Waals surface area contributed by atoms with E-state index in [1.807, 2.05) is 23.1 Å². The molecule has 25 heavy (non-hydrogen) atoms. The van der Waals surface area contributed by atoms with Crippen molar-refractivity contribution >= 4 is 21.6 Å². The van der Waals surface area contributed by atoms with Crippen LogP contribution in [0, 0.1) is 5.92 Å². The number of sulfonamides is 1. The molecule has 4 aliphatic rings. The number of carbonyl (C=O) groups excluding carboxylic acids is 1. The smallest absolute Gasteiger partial charge is 0.254 e. The first-order chi connectivity index (χ1) is 11.9. The van der Waals surface area contributed by atoms with Crippen molar-refractivity contribution in [3.63, 3.8) is 0 Å². The van der Waals surface area contributed by atoms with E-state index in [2.05, 4.69) is 5.32 Å². The summed E-state index contributed by atoms with van der Waals surface area (Å²) < 4.78 is 25.5. The molecule has 0 unspecified atom stereocenters. The zero-order valence-corrected chi connectivity index (χ0v) is 15.4. The van der Waals surface area contributed by atoms with Crippen LogP contribution < -0.4 is 5.32 Å². The van der Waals surface area contributed by atoms with Gasteiger partial charge in [-0.3, -0.25) is 4.79 Å². The van der Waals surface area contributed by atoms with Gasteiger partial charge in [-0.2, -0.15) is 4.31 Å². The molecule has 0 saturated carbocycles. The lowest BCUT2D eigenvalue weighted by atomic mass is 9.93. The number of aryl methyl sites for hydroxylation is 1. The van der Waals surface area contributed by atoms with Gasteiger partial charge in [-0.1, -0.05) is 0 Å². The predicted molar refractivity (Wildman–Crippen MR) is 97.2 cm³/mol. The molecule has 7 heteroatoms. The van der Waals surface area contributed by atoms with E-state index in [1.165, 1.54) is 11.8 Å². The number of rotatable bonds is 2. The maximum absolute atomic E-state index is 13.1. The average Bonchev–Trinajstić information content (AvgIpc) is 2.93. The molecule has 1 amide bonds. The second-order valence-electron chi connectivity index (χ2n) is 7.54. The fourth-order valence-corrected chi connectivity index (χ4v) is 5.26. The SMILES string of the molecule is CS(=O)(=O)N1C[C@H]2CC[C@@H](C1)N(C(=O)c1ccc3c(c1)CCCN3)C2. The van der Waals surface area contributed by atoms with E-state index in [-0.39, 0.29) is 17.9 Å². The van der Waals surface area contributed by atoms with Crippen LogP contribution in [0.1, 0.15) is 35.2 Å². The number of fused-ring (bicyclic) bond motifs is 5. The summed E-state index contributed by atoms with van der Waals surface area (Å²) in [6, 6.07) is 5.89. The summed E-state index contributed by atoms with van der Waals surface area (Å²) in [7, 11) is -3.21. The number of hydrogen-bond acceptors (Lipinski definition) is 4. The molecule has 5 rings (SSSR count). The zero-order chi connectivity index (χ0) is 17.6. The maximum atomic E-state index is 13.1. The molecule has 3 saturated heterocycles. The first kappa shape index (κ1) is 16.8. The van der Waals surface area contributed by atoms with Gasteiger partial charge in [0.15, 0.2) is 0 Å². The number of nitrogens with zero attached hydrogens (tertiary/aromatic N) is 2. The van der Waals surface area contributed by atoms with Crippen molar-refractivity contribution in [3.05, 3.63) is 29.3 Å². The van der Waals surface area contributed by atoms with Gasteiger partial charge < -0.3 is 10.2 Å². The monoisotopic (exact) mass is 363 g/mol. The minimum atomic E-state index is -3.21. The second-order valence-corrected chi connectivity index (χ2v) is 9.52. The van der Waals surface area contributed by atoms with Crippen LogP contribution in [0.5, 0.6) is 0 Å². The van der Waals surface area contributed by atoms with Gasteiger partial charge in [0, 0.05) is 43.5 Å². The Labute approximate surface area is 149 Å². The van der Waals surface area contributed by atoms with Gasteiger partial charge >= 0.3 is 0 Å². The molecular formula is C18H25N3O3S. The molecular weight excluding hydrogens is 338 g/mol. The van der Waals surface area contributed by atoms with Crippen LogP contribution in [-0.2, 0) is 16.4 Å². The minimum absolute atomic E-state index is 0.0184. The molecule has 1 aromatic rings. The van der Waals surface area contributed by atoms with Crippen LogP contribution in [0.25, 0.3) is 0 Å². The third-order valence-corrected chi connectivity index (χ3v) is 6.94. The van der Waals surface area contributed by atoms with Crippen molar-refractivity contribution in [2.45, 2.75) is 31.7 Å². The first-order valence-corrected chi connectivity index (χ1v) is 10.9. The Morgan fingerprint density at radius 3 is 2.84 bits per heavy atom. The van der Waals surface area contributed by atoms with E-state index < -0.39 is 10.0 Å². The van der Waals surface area contributed by atoms with Crippen LogP contribution in [0.3, 0.4) is 0 Å². The lowest BCUT2D eigenvalue weighted by Crippen LogP contribution is -2.47. The topological polar surface area (TPSA) is 69.7 Å². The summed E-state index contributed by atoms with van der Waals surface area (Å²) in [6.45, 7) is 2.60. The molecule has 0 spiro atoms. The lowest BCUT2D eigenvalue weighted by Gasteiger charge is -2.36. The molecule has 0 aromatic heterocycles. The summed E-state index contributed by atoms with van der Waals surface area (Å²) >= 11 is 0. The van der Waals surface area contributed by atoms with Gasteiger partial charge in [0.25, 0.3) is 5.91 Å². The predicted octanol–water partition coefficient (Wildman–Crippen LogP) is 1.54. The molecule has 3 fully saturated rings. The van der Waals surface area contributed by atoms with Crippen molar-refractivity contribution in [2.24, 2.45) is 5.92 Å². The molecule has 4 heterocycles. The van der Waals surface area contributed by atoms with E-state index in [0.717, 1.165) is 43.5 Å². The summed E-state index contributed by atoms with van der Waals surface area (Å²) in [5.74, 6) is 0.273. The second kappa shape index (κ2) is 6.29.